The predicted molar refractivity (Wildman–Crippen MR) is 74.7 cm³/mol. The first-order valence-corrected chi connectivity index (χ1v) is 6.71. The topological polar surface area (TPSA) is 64.9 Å². The molecule has 0 aliphatic carbocycles. The first-order valence-electron chi connectivity index (χ1n) is 5.92. The summed E-state index contributed by atoms with van der Waals surface area (Å²) in [5.74, 6) is 0.713. The average molecular weight is 326 g/mol. The third kappa shape index (κ3) is 3.17. The van der Waals surface area contributed by atoms with Gasteiger partial charge in [-0.3, -0.25) is 4.68 Å². The highest BCUT2D eigenvalue weighted by Gasteiger charge is 2.22. The average Bonchev–Trinajstić information content (AvgIpc) is 2.80. The molecule has 0 amide bonds. The summed E-state index contributed by atoms with van der Waals surface area (Å²) < 4.78 is 7.92. The Balaban J connectivity index is 2.35. The van der Waals surface area contributed by atoms with Crippen LogP contribution in [0.3, 0.4) is 0 Å². The number of methoxy groups -OCH3 is 1. The van der Waals surface area contributed by atoms with E-state index in [2.05, 4.69) is 36.3 Å². The van der Waals surface area contributed by atoms with E-state index in [1.807, 2.05) is 11.7 Å². The first-order chi connectivity index (χ1) is 9.27. The monoisotopic (exact) mass is 325 g/mol. The number of hydrogen-bond acceptors (Lipinski definition) is 5. The number of aromatic nitrogens is 4. The maximum atomic E-state index is 5.10. The van der Waals surface area contributed by atoms with Crippen LogP contribution in [0.1, 0.15) is 17.6 Å². The van der Waals surface area contributed by atoms with Crippen LogP contribution in [0, 0.1) is 0 Å². The summed E-state index contributed by atoms with van der Waals surface area (Å²) in [6.45, 7) is 1.29. The summed E-state index contributed by atoms with van der Waals surface area (Å²) in [7, 11) is 3.55. The highest BCUT2D eigenvalue weighted by atomic mass is 79.9. The van der Waals surface area contributed by atoms with Crippen LogP contribution in [0.2, 0.25) is 0 Å². The lowest BCUT2D eigenvalue weighted by Gasteiger charge is -2.17. The van der Waals surface area contributed by atoms with E-state index in [4.69, 9.17) is 4.74 Å². The molecule has 0 spiro atoms. The maximum Gasteiger partial charge on any atom is 0.151 e. The third-order valence-corrected chi connectivity index (χ3v) is 3.36. The molecule has 1 N–H and O–H groups in total. The van der Waals surface area contributed by atoms with Crippen molar-refractivity contribution in [1.29, 1.82) is 0 Å². The Kier molecular flexibility index (Phi) is 5.00. The van der Waals surface area contributed by atoms with Crippen LogP contribution >= 0.6 is 15.9 Å². The number of rotatable bonds is 6. The minimum atomic E-state index is -0.116. The fraction of sp³-hybridized carbons (Fsp3) is 0.417. The van der Waals surface area contributed by atoms with E-state index in [-0.39, 0.29) is 6.04 Å². The van der Waals surface area contributed by atoms with E-state index in [0.717, 1.165) is 10.2 Å². The zero-order valence-corrected chi connectivity index (χ0v) is 12.5. The van der Waals surface area contributed by atoms with Gasteiger partial charge >= 0.3 is 0 Å². The van der Waals surface area contributed by atoms with E-state index in [0.29, 0.717) is 19.0 Å². The van der Waals surface area contributed by atoms with Crippen LogP contribution in [0.4, 0.5) is 0 Å². The summed E-state index contributed by atoms with van der Waals surface area (Å²) in [6.07, 6.45) is 5.24. The first kappa shape index (κ1) is 14.1. The number of nitrogens with one attached hydrogen (secondary N) is 1. The van der Waals surface area contributed by atoms with Gasteiger partial charge in [0.2, 0.25) is 0 Å². The fourth-order valence-corrected chi connectivity index (χ4v) is 2.39. The van der Waals surface area contributed by atoms with Gasteiger partial charge in [-0.1, -0.05) is 0 Å². The van der Waals surface area contributed by atoms with Crippen molar-refractivity contribution in [1.82, 2.24) is 25.1 Å². The molecule has 0 saturated heterocycles. The molecule has 0 aliphatic rings. The Morgan fingerprint density at radius 3 is 2.79 bits per heavy atom. The lowest BCUT2D eigenvalue weighted by atomic mass is 10.2. The summed E-state index contributed by atoms with van der Waals surface area (Å²) in [4.78, 5) is 8.60. The number of nitrogens with zero attached hydrogens (tertiary/aromatic N) is 4. The van der Waals surface area contributed by atoms with Crippen LogP contribution in [-0.2, 0) is 11.3 Å². The van der Waals surface area contributed by atoms with Gasteiger partial charge in [0.25, 0.3) is 0 Å². The van der Waals surface area contributed by atoms with Crippen molar-refractivity contribution in [3.05, 3.63) is 40.6 Å². The molecule has 0 bridgehead atoms. The van der Waals surface area contributed by atoms with Gasteiger partial charge in [-0.15, -0.1) is 0 Å². The van der Waals surface area contributed by atoms with Crippen molar-refractivity contribution < 1.29 is 4.74 Å². The summed E-state index contributed by atoms with van der Waals surface area (Å²) in [5, 5.41) is 7.56. The van der Waals surface area contributed by atoms with Crippen LogP contribution in [0.5, 0.6) is 0 Å². The number of halogens is 1. The van der Waals surface area contributed by atoms with Crippen molar-refractivity contribution in [2.75, 3.05) is 20.8 Å². The zero-order chi connectivity index (χ0) is 13.7. The molecule has 2 rings (SSSR count). The van der Waals surface area contributed by atoms with Crippen molar-refractivity contribution in [3.8, 4) is 0 Å². The van der Waals surface area contributed by atoms with Crippen molar-refractivity contribution in [2.24, 2.45) is 0 Å². The fourth-order valence-electron chi connectivity index (χ4n) is 1.86. The minimum absolute atomic E-state index is 0.116. The van der Waals surface area contributed by atoms with Gasteiger partial charge in [0.15, 0.2) is 5.82 Å². The quantitative estimate of drug-likeness (QED) is 0.869. The SMILES string of the molecule is CNC(c1ncccn1)c1c(Br)cnn1CCOC. The molecule has 2 aromatic rings. The lowest BCUT2D eigenvalue weighted by molar-refractivity contribution is 0.182. The molecule has 7 heteroatoms. The second-order valence-electron chi connectivity index (χ2n) is 3.92. The van der Waals surface area contributed by atoms with E-state index < -0.39 is 0 Å². The Hall–Kier alpha value is -1.31. The number of hydrogen-bond donors (Lipinski definition) is 1. The molecule has 102 valence electrons. The van der Waals surface area contributed by atoms with Crippen LogP contribution in [0.25, 0.3) is 0 Å². The van der Waals surface area contributed by atoms with Crippen molar-refractivity contribution in [3.63, 3.8) is 0 Å². The molecule has 19 heavy (non-hydrogen) atoms. The maximum absolute atomic E-state index is 5.10. The second kappa shape index (κ2) is 6.74. The Bertz CT molecular complexity index is 516. The smallest absolute Gasteiger partial charge is 0.151 e. The normalized spacial score (nSPS) is 12.6. The molecule has 2 aromatic heterocycles. The molecule has 0 radical (unpaired) electrons. The molecule has 0 aromatic carbocycles. The zero-order valence-electron chi connectivity index (χ0n) is 10.9. The molecular formula is C12H16BrN5O. The van der Waals surface area contributed by atoms with E-state index in [9.17, 15) is 0 Å². The van der Waals surface area contributed by atoms with Crippen LogP contribution < -0.4 is 5.32 Å². The standard InChI is InChI=1S/C12H16BrN5O/c1-14-10(12-15-4-3-5-16-12)11-9(13)8-17-18(11)6-7-19-2/h3-5,8,10,14H,6-7H2,1-2H3. The predicted octanol–water partition coefficient (Wildman–Crippen LogP) is 1.39. The van der Waals surface area contributed by atoms with Crippen molar-refractivity contribution in [2.45, 2.75) is 12.6 Å². The van der Waals surface area contributed by atoms with Gasteiger partial charge < -0.3 is 10.1 Å². The highest BCUT2D eigenvalue weighted by Crippen LogP contribution is 2.26. The van der Waals surface area contributed by atoms with E-state index in [1.54, 1.807) is 31.8 Å². The molecular weight excluding hydrogens is 310 g/mol. The Labute approximate surface area is 120 Å². The van der Waals surface area contributed by atoms with Gasteiger partial charge in [-0.25, -0.2) is 9.97 Å². The Morgan fingerprint density at radius 2 is 2.16 bits per heavy atom. The Morgan fingerprint density at radius 1 is 1.42 bits per heavy atom. The summed E-state index contributed by atoms with van der Waals surface area (Å²) >= 11 is 3.53. The van der Waals surface area contributed by atoms with Crippen molar-refractivity contribution >= 4 is 15.9 Å². The lowest BCUT2D eigenvalue weighted by Crippen LogP contribution is -2.24. The molecule has 1 unspecified atom stereocenters. The van der Waals surface area contributed by atoms with E-state index in [1.165, 1.54) is 0 Å². The molecule has 1 atom stereocenters. The summed E-state index contributed by atoms with van der Waals surface area (Å²) in [6, 6.07) is 1.68. The van der Waals surface area contributed by atoms with Gasteiger partial charge in [0.05, 0.1) is 29.5 Å². The third-order valence-electron chi connectivity index (χ3n) is 2.75. The molecule has 0 aliphatic heterocycles. The number of ether oxygens (including phenoxy) is 1. The van der Waals surface area contributed by atoms with Crippen LogP contribution in [0.15, 0.2) is 29.1 Å². The largest absolute Gasteiger partial charge is 0.383 e. The molecule has 2 heterocycles. The van der Waals surface area contributed by atoms with Gasteiger partial charge in [-0.05, 0) is 29.0 Å². The van der Waals surface area contributed by atoms with Gasteiger partial charge in [0, 0.05) is 19.5 Å². The summed E-state index contributed by atoms with van der Waals surface area (Å²) in [5.41, 5.74) is 0.991. The van der Waals surface area contributed by atoms with E-state index >= 15 is 0 Å². The minimum Gasteiger partial charge on any atom is -0.383 e. The van der Waals surface area contributed by atoms with Crippen LogP contribution in [-0.4, -0.2) is 40.5 Å². The molecule has 0 fully saturated rings. The second-order valence-corrected chi connectivity index (χ2v) is 4.78. The van der Waals surface area contributed by atoms with Gasteiger partial charge in [0.1, 0.15) is 6.04 Å². The molecule has 6 nitrogen and oxygen atoms in total. The van der Waals surface area contributed by atoms with Gasteiger partial charge in [-0.2, -0.15) is 5.10 Å². The molecule has 0 saturated carbocycles. The highest BCUT2D eigenvalue weighted by molar-refractivity contribution is 9.10.